The van der Waals surface area contributed by atoms with Crippen LogP contribution in [0.25, 0.3) is 21.3 Å². The number of rotatable bonds is 5. The minimum atomic E-state index is -0.511. The van der Waals surface area contributed by atoms with Gasteiger partial charge in [-0.3, -0.25) is 29.5 Å². The maximum Gasteiger partial charge on any atom is 0.281 e. The number of carbonyl (C=O) groups is 3. The molecule has 1 aliphatic heterocycles. The van der Waals surface area contributed by atoms with Gasteiger partial charge < -0.3 is 0 Å². The Morgan fingerprint density at radius 1 is 0.970 bits per heavy atom. The molecule has 0 radical (unpaired) electrons. The van der Waals surface area contributed by atoms with E-state index < -0.39 is 23.3 Å². The Labute approximate surface area is 192 Å². The van der Waals surface area contributed by atoms with E-state index in [0.717, 1.165) is 25.6 Å². The van der Waals surface area contributed by atoms with Crippen LogP contribution >= 0.6 is 11.3 Å². The molecule has 1 aliphatic rings. The van der Waals surface area contributed by atoms with Crippen LogP contribution in [0.3, 0.4) is 0 Å². The van der Waals surface area contributed by atoms with E-state index in [1.54, 1.807) is 24.3 Å². The highest BCUT2D eigenvalue weighted by molar-refractivity contribution is 7.19. The third kappa shape index (κ3) is 3.52. The van der Waals surface area contributed by atoms with Crippen molar-refractivity contribution < 1.29 is 14.4 Å². The van der Waals surface area contributed by atoms with Crippen molar-refractivity contribution in [1.82, 2.24) is 14.6 Å². The number of nitrogens with one attached hydrogen (secondary N) is 1. The van der Waals surface area contributed by atoms with Crippen LogP contribution in [0.1, 0.15) is 32.0 Å². The van der Waals surface area contributed by atoms with Gasteiger partial charge >= 0.3 is 0 Å². The van der Waals surface area contributed by atoms with E-state index >= 15 is 0 Å². The predicted octanol–water partition coefficient (Wildman–Crippen LogP) is 3.19. The standard InChI is InChI=1S/C24H18N4O4S/c1-14-19(15-7-3-2-4-8-15)20-21(33-14)25-13-28(24(20)32)26-18(29)11-12-27-22(30)16-9-5-6-10-17(16)23(27)31/h2-10,13H,11-12H2,1H3,(H,26,29). The van der Waals surface area contributed by atoms with Gasteiger partial charge in [-0.1, -0.05) is 42.5 Å². The van der Waals surface area contributed by atoms with Crippen molar-refractivity contribution in [2.45, 2.75) is 13.3 Å². The second kappa shape index (κ2) is 8.10. The van der Waals surface area contributed by atoms with Gasteiger partial charge in [0.2, 0.25) is 5.91 Å². The van der Waals surface area contributed by atoms with E-state index in [4.69, 9.17) is 0 Å². The van der Waals surface area contributed by atoms with Gasteiger partial charge in [-0.2, -0.15) is 0 Å². The highest BCUT2D eigenvalue weighted by Gasteiger charge is 2.35. The number of aromatic nitrogens is 2. The zero-order chi connectivity index (χ0) is 23.1. The molecule has 8 nitrogen and oxygen atoms in total. The molecule has 2 aromatic heterocycles. The van der Waals surface area contributed by atoms with Crippen molar-refractivity contribution in [3.63, 3.8) is 0 Å². The number of fused-ring (bicyclic) bond motifs is 2. The lowest BCUT2D eigenvalue weighted by molar-refractivity contribution is -0.117. The maximum absolute atomic E-state index is 13.2. The first kappa shape index (κ1) is 20.8. The maximum atomic E-state index is 13.2. The second-order valence-corrected chi connectivity index (χ2v) is 8.79. The SMILES string of the molecule is Cc1sc2ncn(NC(=O)CCN3C(=O)c4ccccc4C3=O)c(=O)c2c1-c1ccccc1. The summed E-state index contributed by atoms with van der Waals surface area (Å²) in [5, 5.41) is 0.437. The van der Waals surface area contributed by atoms with Crippen LogP contribution in [-0.4, -0.2) is 38.8 Å². The van der Waals surface area contributed by atoms with Crippen LogP contribution in [0.15, 0.2) is 65.7 Å². The van der Waals surface area contributed by atoms with E-state index in [9.17, 15) is 19.2 Å². The molecule has 33 heavy (non-hydrogen) atoms. The number of carbonyl (C=O) groups excluding carboxylic acids is 3. The summed E-state index contributed by atoms with van der Waals surface area (Å²) in [6, 6.07) is 16.1. The van der Waals surface area contributed by atoms with Crippen molar-refractivity contribution in [2.24, 2.45) is 0 Å². The van der Waals surface area contributed by atoms with E-state index in [2.05, 4.69) is 10.4 Å². The van der Waals surface area contributed by atoms with Crippen molar-refractivity contribution in [1.29, 1.82) is 0 Å². The number of imide groups is 1. The topological polar surface area (TPSA) is 101 Å². The molecule has 0 unspecified atom stereocenters. The molecule has 0 bridgehead atoms. The summed E-state index contributed by atoms with van der Waals surface area (Å²) in [5.41, 5.74) is 4.48. The Bertz CT molecular complexity index is 1450. The van der Waals surface area contributed by atoms with Crippen LogP contribution in [0.2, 0.25) is 0 Å². The molecule has 0 fully saturated rings. The fraction of sp³-hybridized carbons (Fsp3) is 0.125. The zero-order valence-electron chi connectivity index (χ0n) is 17.6. The average molecular weight is 458 g/mol. The monoisotopic (exact) mass is 458 g/mol. The summed E-state index contributed by atoms with van der Waals surface area (Å²) in [5.74, 6) is -1.36. The molecular formula is C24H18N4O4S. The molecule has 3 heterocycles. The largest absolute Gasteiger partial charge is 0.281 e. The van der Waals surface area contributed by atoms with E-state index in [1.165, 1.54) is 17.7 Å². The second-order valence-electron chi connectivity index (χ2n) is 7.59. The zero-order valence-corrected chi connectivity index (χ0v) is 18.4. The molecule has 0 saturated heterocycles. The number of nitrogens with zero attached hydrogens (tertiary/aromatic N) is 3. The molecule has 0 spiro atoms. The van der Waals surface area contributed by atoms with Crippen LogP contribution in [0, 0.1) is 6.92 Å². The van der Waals surface area contributed by atoms with Gasteiger partial charge in [-0.15, -0.1) is 11.3 Å². The van der Waals surface area contributed by atoms with Crippen LogP contribution < -0.4 is 11.0 Å². The average Bonchev–Trinajstić information content (AvgIpc) is 3.29. The lowest BCUT2D eigenvalue weighted by Crippen LogP contribution is -2.37. The molecule has 0 saturated carbocycles. The van der Waals surface area contributed by atoms with Crippen LogP contribution in [-0.2, 0) is 4.79 Å². The van der Waals surface area contributed by atoms with E-state index in [-0.39, 0.29) is 13.0 Å². The van der Waals surface area contributed by atoms with Crippen LogP contribution in [0.4, 0.5) is 0 Å². The molecular weight excluding hydrogens is 440 g/mol. The van der Waals surface area contributed by atoms with Gasteiger partial charge in [0.05, 0.1) is 16.5 Å². The minimum absolute atomic E-state index is 0.0879. The molecule has 9 heteroatoms. The van der Waals surface area contributed by atoms with E-state index in [1.807, 2.05) is 37.3 Å². The van der Waals surface area contributed by atoms with Gasteiger partial charge in [0.1, 0.15) is 11.2 Å². The van der Waals surface area contributed by atoms with Gasteiger partial charge in [-0.25, -0.2) is 9.66 Å². The Balaban J connectivity index is 1.36. The first-order valence-corrected chi connectivity index (χ1v) is 11.1. The van der Waals surface area contributed by atoms with Crippen molar-refractivity contribution in [3.05, 3.63) is 87.3 Å². The number of amides is 3. The molecule has 0 aliphatic carbocycles. The number of benzene rings is 2. The van der Waals surface area contributed by atoms with Crippen molar-refractivity contribution >= 4 is 39.3 Å². The van der Waals surface area contributed by atoms with Gasteiger partial charge in [0.15, 0.2) is 0 Å². The van der Waals surface area contributed by atoms with Crippen LogP contribution in [0.5, 0.6) is 0 Å². The number of thiophene rings is 1. The number of hydrogen-bond donors (Lipinski definition) is 1. The molecule has 4 aromatic rings. The predicted molar refractivity (Wildman–Crippen MR) is 125 cm³/mol. The summed E-state index contributed by atoms with van der Waals surface area (Å²) < 4.78 is 1.05. The first-order chi connectivity index (χ1) is 16.0. The molecule has 0 atom stereocenters. The summed E-state index contributed by atoms with van der Waals surface area (Å²) in [6.45, 7) is 1.84. The van der Waals surface area contributed by atoms with E-state index in [0.29, 0.717) is 21.3 Å². The Hall–Kier alpha value is -4.11. The molecule has 164 valence electrons. The van der Waals surface area contributed by atoms with Crippen molar-refractivity contribution in [3.8, 4) is 11.1 Å². The lowest BCUT2D eigenvalue weighted by atomic mass is 10.0. The third-order valence-corrected chi connectivity index (χ3v) is 6.55. The quantitative estimate of drug-likeness (QED) is 0.463. The minimum Gasteiger partial charge on any atom is -0.274 e. The summed E-state index contributed by atoms with van der Waals surface area (Å²) in [7, 11) is 0. The third-order valence-electron chi connectivity index (χ3n) is 5.54. The summed E-state index contributed by atoms with van der Waals surface area (Å²) in [4.78, 5) is 57.6. The highest BCUT2D eigenvalue weighted by Crippen LogP contribution is 2.35. The molecule has 3 amide bonds. The highest BCUT2D eigenvalue weighted by atomic mass is 32.1. The molecule has 1 N–H and O–H groups in total. The Kier molecular flexibility index (Phi) is 5.10. The number of aryl methyl sites for hydroxylation is 1. The molecule has 5 rings (SSSR count). The summed E-state index contributed by atoms with van der Waals surface area (Å²) in [6.07, 6.45) is 1.12. The Morgan fingerprint density at radius 2 is 1.61 bits per heavy atom. The lowest BCUT2D eigenvalue weighted by Gasteiger charge is -2.14. The normalized spacial score (nSPS) is 12.9. The fourth-order valence-electron chi connectivity index (χ4n) is 3.98. The number of hydrogen-bond acceptors (Lipinski definition) is 6. The smallest absolute Gasteiger partial charge is 0.274 e. The van der Waals surface area contributed by atoms with Gasteiger partial charge in [0, 0.05) is 23.4 Å². The van der Waals surface area contributed by atoms with Gasteiger partial charge in [-0.05, 0) is 24.6 Å². The molecule has 2 aromatic carbocycles. The fourth-order valence-corrected chi connectivity index (χ4v) is 4.98. The summed E-state index contributed by atoms with van der Waals surface area (Å²) >= 11 is 1.42. The first-order valence-electron chi connectivity index (χ1n) is 10.3. The Morgan fingerprint density at radius 3 is 2.27 bits per heavy atom. The van der Waals surface area contributed by atoms with Gasteiger partial charge in [0.25, 0.3) is 17.4 Å². The van der Waals surface area contributed by atoms with Crippen molar-refractivity contribution in [2.75, 3.05) is 12.0 Å².